The van der Waals surface area contributed by atoms with Crippen LogP contribution in [0.2, 0.25) is 0 Å². The fourth-order valence-electron chi connectivity index (χ4n) is 2.04. The summed E-state index contributed by atoms with van der Waals surface area (Å²) in [5.41, 5.74) is 0.248. The number of fused-ring (bicyclic) bond motifs is 1. The number of hydrogen-bond acceptors (Lipinski definition) is 4. The van der Waals surface area contributed by atoms with E-state index in [1.54, 1.807) is 12.1 Å². The first-order valence-electron chi connectivity index (χ1n) is 6.78. The number of ether oxygens (including phenoxy) is 1. The van der Waals surface area contributed by atoms with Crippen LogP contribution in [0.25, 0.3) is 0 Å². The van der Waals surface area contributed by atoms with E-state index in [1.807, 2.05) is 22.6 Å². The summed E-state index contributed by atoms with van der Waals surface area (Å²) >= 11 is 2.03. The van der Waals surface area contributed by atoms with E-state index in [4.69, 9.17) is 4.74 Å². The fourth-order valence-corrected chi connectivity index (χ4v) is 4.32. The molecular formula is C14H18INO4S. The van der Waals surface area contributed by atoms with Crippen LogP contribution in [-0.4, -0.2) is 38.4 Å². The van der Waals surface area contributed by atoms with Crippen molar-refractivity contribution in [2.24, 2.45) is 5.92 Å². The minimum atomic E-state index is -3.72. The van der Waals surface area contributed by atoms with E-state index in [0.717, 1.165) is 14.3 Å². The van der Waals surface area contributed by atoms with E-state index in [0.29, 0.717) is 12.5 Å². The molecular weight excluding hydrogens is 405 g/mol. The van der Waals surface area contributed by atoms with Crippen LogP contribution >= 0.6 is 22.6 Å². The van der Waals surface area contributed by atoms with Gasteiger partial charge in [-0.2, -0.15) is 0 Å². The second kappa shape index (κ2) is 6.62. The standard InChI is InChI=1S/C14H18INO4S/c1-10(2)5-7-20-8-6-16-14(17)12-4-3-11(15)9-13(12)21(16,18)19/h3-4,9-10H,5-8H2,1-2H3. The Morgan fingerprint density at radius 1 is 1.29 bits per heavy atom. The molecule has 1 aliphatic heterocycles. The van der Waals surface area contributed by atoms with E-state index in [2.05, 4.69) is 13.8 Å². The molecule has 1 heterocycles. The zero-order valence-corrected chi connectivity index (χ0v) is 15.0. The molecule has 0 aromatic heterocycles. The topological polar surface area (TPSA) is 63.7 Å². The SMILES string of the molecule is CC(C)CCOCCN1C(=O)c2ccc(I)cc2S1(=O)=O. The number of hydrogen-bond donors (Lipinski definition) is 0. The van der Waals surface area contributed by atoms with Gasteiger partial charge in [-0.3, -0.25) is 4.79 Å². The maximum atomic E-state index is 12.4. The third kappa shape index (κ3) is 3.57. The molecule has 1 aromatic carbocycles. The molecule has 1 aromatic rings. The lowest BCUT2D eigenvalue weighted by molar-refractivity contribution is 0.0785. The van der Waals surface area contributed by atoms with Gasteiger partial charge in [0.1, 0.15) is 4.90 Å². The first kappa shape index (κ1) is 16.7. The van der Waals surface area contributed by atoms with Gasteiger partial charge in [-0.1, -0.05) is 13.8 Å². The maximum Gasteiger partial charge on any atom is 0.269 e. The molecule has 7 heteroatoms. The Kier molecular flexibility index (Phi) is 5.26. The van der Waals surface area contributed by atoms with Gasteiger partial charge in [-0.05, 0) is 53.1 Å². The number of sulfonamides is 1. The Bertz CT molecular complexity index is 642. The molecule has 0 unspecified atom stereocenters. The van der Waals surface area contributed by atoms with E-state index < -0.39 is 15.9 Å². The van der Waals surface area contributed by atoms with Gasteiger partial charge in [0.2, 0.25) is 0 Å². The monoisotopic (exact) mass is 423 g/mol. The predicted molar refractivity (Wildman–Crippen MR) is 87.7 cm³/mol. The number of halogens is 1. The highest BCUT2D eigenvalue weighted by Gasteiger charge is 2.40. The Labute approximate surface area is 138 Å². The summed E-state index contributed by atoms with van der Waals surface area (Å²) in [5.74, 6) is 0.0716. The molecule has 0 N–H and O–H groups in total. The van der Waals surface area contributed by atoms with Crippen LogP contribution in [0.5, 0.6) is 0 Å². The van der Waals surface area contributed by atoms with Crippen molar-refractivity contribution in [3.63, 3.8) is 0 Å². The summed E-state index contributed by atoms with van der Waals surface area (Å²) in [7, 11) is -3.72. The molecule has 2 rings (SSSR count). The molecule has 116 valence electrons. The molecule has 0 atom stereocenters. The lowest BCUT2D eigenvalue weighted by Gasteiger charge is -2.15. The van der Waals surface area contributed by atoms with E-state index >= 15 is 0 Å². The minimum absolute atomic E-state index is 0.0600. The third-order valence-electron chi connectivity index (χ3n) is 3.25. The summed E-state index contributed by atoms with van der Waals surface area (Å²) in [6.45, 7) is 5.05. The molecule has 0 saturated heterocycles. The third-order valence-corrected chi connectivity index (χ3v) is 5.74. The smallest absolute Gasteiger partial charge is 0.269 e. The van der Waals surface area contributed by atoms with Crippen LogP contribution in [0.4, 0.5) is 0 Å². The summed E-state index contributed by atoms with van der Waals surface area (Å²) < 4.78 is 31.8. The average molecular weight is 423 g/mol. The fraction of sp³-hybridized carbons (Fsp3) is 0.500. The normalized spacial score (nSPS) is 16.6. The second-order valence-corrected chi connectivity index (χ2v) is 8.39. The van der Waals surface area contributed by atoms with Gasteiger partial charge in [0.05, 0.1) is 18.7 Å². The van der Waals surface area contributed by atoms with Gasteiger partial charge >= 0.3 is 0 Å². The van der Waals surface area contributed by atoms with E-state index in [-0.39, 0.29) is 23.6 Å². The summed E-state index contributed by atoms with van der Waals surface area (Å²) in [4.78, 5) is 12.3. The number of rotatable bonds is 6. The van der Waals surface area contributed by atoms with Crippen LogP contribution in [0.1, 0.15) is 30.6 Å². The van der Waals surface area contributed by atoms with Crippen LogP contribution in [0.3, 0.4) is 0 Å². The lowest BCUT2D eigenvalue weighted by Crippen LogP contribution is -2.33. The quantitative estimate of drug-likeness (QED) is 0.521. The molecule has 0 spiro atoms. The maximum absolute atomic E-state index is 12.4. The molecule has 1 aliphatic rings. The van der Waals surface area contributed by atoms with Gasteiger partial charge in [0.25, 0.3) is 15.9 Å². The number of benzene rings is 1. The highest BCUT2D eigenvalue weighted by molar-refractivity contribution is 14.1. The second-order valence-electron chi connectivity index (χ2n) is 5.32. The van der Waals surface area contributed by atoms with Gasteiger partial charge in [0.15, 0.2) is 0 Å². The van der Waals surface area contributed by atoms with Gasteiger partial charge in [-0.25, -0.2) is 12.7 Å². The van der Waals surface area contributed by atoms with Crippen molar-refractivity contribution in [1.82, 2.24) is 4.31 Å². The van der Waals surface area contributed by atoms with Crippen LogP contribution in [0, 0.1) is 9.49 Å². The zero-order chi connectivity index (χ0) is 15.6. The predicted octanol–water partition coefficient (Wildman–Crippen LogP) is 2.50. The zero-order valence-electron chi connectivity index (χ0n) is 12.0. The van der Waals surface area contributed by atoms with Crippen LogP contribution in [0.15, 0.2) is 23.1 Å². The minimum Gasteiger partial charge on any atom is -0.380 e. The molecule has 0 saturated carbocycles. The molecule has 0 radical (unpaired) electrons. The van der Waals surface area contributed by atoms with Crippen molar-refractivity contribution in [3.05, 3.63) is 27.3 Å². The summed E-state index contributed by atoms with van der Waals surface area (Å²) in [6, 6.07) is 4.83. The average Bonchev–Trinajstić information content (AvgIpc) is 2.58. The Morgan fingerprint density at radius 2 is 2.00 bits per heavy atom. The molecule has 1 amide bonds. The van der Waals surface area contributed by atoms with Gasteiger partial charge in [0, 0.05) is 10.2 Å². The van der Waals surface area contributed by atoms with Crippen molar-refractivity contribution in [3.8, 4) is 0 Å². The summed E-state index contributed by atoms with van der Waals surface area (Å²) in [6.07, 6.45) is 0.916. The van der Waals surface area contributed by atoms with E-state index in [1.165, 1.54) is 6.07 Å². The number of nitrogens with zero attached hydrogens (tertiary/aromatic N) is 1. The van der Waals surface area contributed by atoms with Crippen molar-refractivity contribution in [2.45, 2.75) is 25.2 Å². The number of carbonyl (C=O) groups excluding carboxylic acids is 1. The molecule has 0 fully saturated rings. The first-order valence-corrected chi connectivity index (χ1v) is 9.30. The van der Waals surface area contributed by atoms with Crippen LogP contribution in [-0.2, 0) is 14.8 Å². The van der Waals surface area contributed by atoms with Gasteiger partial charge in [-0.15, -0.1) is 0 Å². The molecule has 0 bridgehead atoms. The lowest BCUT2D eigenvalue weighted by atomic mass is 10.1. The number of amides is 1. The van der Waals surface area contributed by atoms with Crippen molar-refractivity contribution >= 4 is 38.5 Å². The summed E-state index contributed by atoms with van der Waals surface area (Å²) in [5, 5.41) is 0. The molecule has 0 aliphatic carbocycles. The highest BCUT2D eigenvalue weighted by Crippen LogP contribution is 2.31. The first-order chi connectivity index (χ1) is 9.84. The highest BCUT2D eigenvalue weighted by atomic mass is 127. The molecule has 5 nitrogen and oxygen atoms in total. The largest absolute Gasteiger partial charge is 0.380 e. The van der Waals surface area contributed by atoms with Crippen LogP contribution < -0.4 is 0 Å². The number of carbonyl (C=O) groups is 1. The van der Waals surface area contributed by atoms with Crippen molar-refractivity contribution in [2.75, 3.05) is 19.8 Å². The van der Waals surface area contributed by atoms with E-state index in [9.17, 15) is 13.2 Å². The van der Waals surface area contributed by atoms with Crippen molar-refractivity contribution in [1.29, 1.82) is 0 Å². The Hall–Kier alpha value is -0.670. The molecule has 21 heavy (non-hydrogen) atoms. The van der Waals surface area contributed by atoms with Crippen molar-refractivity contribution < 1.29 is 17.9 Å². The van der Waals surface area contributed by atoms with Gasteiger partial charge < -0.3 is 4.74 Å². The Morgan fingerprint density at radius 3 is 2.67 bits per heavy atom. The Balaban J connectivity index is 2.04.